The molecule has 6 nitrogen and oxygen atoms in total. The van der Waals surface area contributed by atoms with E-state index in [9.17, 15) is 0 Å². The Morgan fingerprint density at radius 2 is 2.11 bits per heavy atom. The number of H-pyrrole nitrogens is 1. The summed E-state index contributed by atoms with van der Waals surface area (Å²) in [5.41, 5.74) is 4.37. The highest BCUT2D eigenvalue weighted by Crippen LogP contribution is 2.36. The summed E-state index contributed by atoms with van der Waals surface area (Å²) in [5.74, 6) is 3.41. The number of pyridine rings is 1. The average molecular weight is 401 g/mol. The molecule has 5 heterocycles. The van der Waals surface area contributed by atoms with Gasteiger partial charge in [0.1, 0.15) is 22.9 Å². The number of anilines is 2. The average Bonchev–Trinajstić information content (AvgIpc) is 3.15. The third kappa shape index (κ3) is 3.02. The van der Waals surface area contributed by atoms with E-state index in [0.717, 1.165) is 60.1 Å². The van der Waals surface area contributed by atoms with Gasteiger partial charge in [-0.1, -0.05) is 11.6 Å². The first-order valence-electron chi connectivity index (χ1n) is 9.26. The third-order valence-electron chi connectivity index (χ3n) is 5.46. The van der Waals surface area contributed by atoms with Gasteiger partial charge in [0.2, 0.25) is 0 Å². The van der Waals surface area contributed by atoms with Crippen LogP contribution >= 0.6 is 23.4 Å². The Morgan fingerprint density at radius 1 is 1.26 bits per heavy atom. The molecule has 1 atom stereocenters. The molecule has 2 aliphatic rings. The Balaban J connectivity index is 1.57. The van der Waals surface area contributed by atoms with Gasteiger partial charge in [0, 0.05) is 60.7 Å². The highest BCUT2D eigenvalue weighted by molar-refractivity contribution is 7.99. The van der Waals surface area contributed by atoms with Crippen molar-refractivity contribution in [3.63, 3.8) is 0 Å². The number of halogens is 1. The van der Waals surface area contributed by atoms with Crippen LogP contribution < -0.4 is 9.80 Å². The fourth-order valence-corrected chi connectivity index (χ4v) is 5.18. The summed E-state index contributed by atoms with van der Waals surface area (Å²) >= 11 is 8.32. The number of hydrogen-bond acceptors (Lipinski definition) is 6. The van der Waals surface area contributed by atoms with Crippen molar-refractivity contribution in [3.05, 3.63) is 41.1 Å². The highest BCUT2D eigenvalue weighted by atomic mass is 35.5. The quantitative estimate of drug-likeness (QED) is 0.664. The molecule has 0 spiro atoms. The lowest BCUT2D eigenvalue weighted by atomic mass is 9.98. The number of thioether (sulfide) groups is 1. The summed E-state index contributed by atoms with van der Waals surface area (Å²) in [4.78, 5) is 21.7. The van der Waals surface area contributed by atoms with E-state index in [1.165, 1.54) is 11.3 Å². The topological polar surface area (TPSA) is 60.9 Å². The molecule has 0 amide bonds. The van der Waals surface area contributed by atoms with Gasteiger partial charge in [-0.2, -0.15) is 11.8 Å². The van der Waals surface area contributed by atoms with Gasteiger partial charge in [0.05, 0.1) is 11.4 Å². The van der Waals surface area contributed by atoms with Crippen LogP contribution in [0.2, 0.25) is 5.15 Å². The maximum atomic E-state index is 6.31. The smallest absolute Gasteiger partial charge is 0.141 e. The van der Waals surface area contributed by atoms with Crippen LogP contribution in [0.5, 0.6) is 0 Å². The second-order valence-corrected chi connectivity index (χ2v) is 8.72. The van der Waals surface area contributed by atoms with Crippen LogP contribution in [0.1, 0.15) is 18.2 Å². The van der Waals surface area contributed by atoms with Gasteiger partial charge in [-0.05, 0) is 19.1 Å². The number of rotatable bonds is 2. The molecule has 3 aromatic rings. The molecule has 8 heteroatoms. The van der Waals surface area contributed by atoms with E-state index < -0.39 is 0 Å². The van der Waals surface area contributed by atoms with Crippen LogP contribution in [0.15, 0.2) is 24.7 Å². The number of aromatic nitrogens is 4. The Labute approximate surface area is 167 Å². The van der Waals surface area contributed by atoms with Crippen LogP contribution in [0.25, 0.3) is 11.0 Å². The van der Waals surface area contributed by atoms with Crippen molar-refractivity contribution in [2.24, 2.45) is 0 Å². The largest absolute Gasteiger partial charge is 0.363 e. The van der Waals surface area contributed by atoms with Gasteiger partial charge in [-0.3, -0.25) is 0 Å². The molecule has 0 aliphatic carbocycles. The van der Waals surface area contributed by atoms with Crippen LogP contribution in [-0.4, -0.2) is 50.6 Å². The molecule has 1 saturated heterocycles. The molecule has 5 rings (SSSR count). The van der Waals surface area contributed by atoms with Gasteiger partial charge < -0.3 is 14.8 Å². The normalized spacial score (nSPS) is 20.1. The number of nitrogens with one attached hydrogen (secondary N) is 1. The first-order valence-corrected chi connectivity index (χ1v) is 10.8. The Hall–Kier alpha value is -1.99. The van der Waals surface area contributed by atoms with E-state index >= 15 is 0 Å². The fourth-order valence-electron chi connectivity index (χ4n) is 4.09. The molecule has 0 bridgehead atoms. The zero-order valence-corrected chi connectivity index (χ0v) is 16.7. The monoisotopic (exact) mass is 400 g/mol. The van der Waals surface area contributed by atoms with Gasteiger partial charge in [0.15, 0.2) is 0 Å². The molecule has 0 aromatic carbocycles. The maximum absolute atomic E-state index is 6.31. The van der Waals surface area contributed by atoms with Crippen LogP contribution in [-0.2, 0) is 13.0 Å². The summed E-state index contributed by atoms with van der Waals surface area (Å²) in [6.45, 7) is 5.13. The molecule has 0 saturated carbocycles. The van der Waals surface area contributed by atoms with Crippen molar-refractivity contribution in [3.8, 4) is 0 Å². The van der Waals surface area contributed by atoms with Crippen LogP contribution in [0.3, 0.4) is 0 Å². The van der Waals surface area contributed by atoms with Crippen molar-refractivity contribution in [1.82, 2.24) is 19.9 Å². The molecule has 1 fully saturated rings. The molecule has 27 heavy (non-hydrogen) atoms. The minimum absolute atomic E-state index is 0.328. The molecule has 140 valence electrons. The third-order valence-corrected chi connectivity index (χ3v) is 6.59. The van der Waals surface area contributed by atoms with Crippen molar-refractivity contribution < 1.29 is 0 Å². The minimum Gasteiger partial charge on any atom is -0.363 e. The minimum atomic E-state index is 0.328. The van der Waals surface area contributed by atoms with E-state index in [-0.39, 0.29) is 0 Å². The summed E-state index contributed by atoms with van der Waals surface area (Å²) in [6, 6.07) is 4.37. The van der Waals surface area contributed by atoms with E-state index in [0.29, 0.717) is 11.2 Å². The standard InChI is InChI=1S/C19H21ClN6S/c1-12-8-15-14(19(23-11-22-15)25-4-6-27-7-5-25)10-26(12)16-9-17(20)24-18-13(16)2-3-21-18/h2-3,9,11-12H,4-8,10H2,1H3,(H,21,24)/t12-/m1/s1. The van der Waals surface area contributed by atoms with E-state index in [1.807, 2.05) is 24.0 Å². The van der Waals surface area contributed by atoms with E-state index in [2.05, 4.69) is 42.7 Å². The van der Waals surface area contributed by atoms with Crippen molar-refractivity contribution in [2.45, 2.75) is 25.9 Å². The summed E-state index contributed by atoms with van der Waals surface area (Å²) in [6.07, 6.45) is 4.55. The Morgan fingerprint density at radius 3 is 2.96 bits per heavy atom. The van der Waals surface area contributed by atoms with Gasteiger partial charge in [-0.25, -0.2) is 15.0 Å². The lowest BCUT2D eigenvalue weighted by molar-refractivity contribution is 0.578. The molecule has 2 aliphatic heterocycles. The number of nitrogens with zero attached hydrogens (tertiary/aromatic N) is 5. The van der Waals surface area contributed by atoms with Gasteiger partial charge >= 0.3 is 0 Å². The lowest BCUT2D eigenvalue weighted by Crippen LogP contribution is -2.41. The summed E-state index contributed by atoms with van der Waals surface area (Å²) < 4.78 is 0. The fraction of sp³-hybridized carbons (Fsp3) is 0.421. The number of aromatic amines is 1. The summed E-state index contributed by atoms with van der Waals surface area (Å²) in [5, 5.41) is 1.61. The molecule has 3 aromatic heterocycles. The number of fused-ring (bicyclic) bond motifs is 2. The van der Waals surface area contributed by atoms with Crippen molar-refractivity contribution >= 4 is 45.9 Å². The van der Waals surface area contributed by atoms with Gasteiger partial charge in [-0.15, -0.1) is 0 Å². The van der Waals surface area contributed by atoms with Crippen molar-refractivity contribution in [2.75, 3.05) is 34.4 Å². The predicted molar refractivity (Wildman–Crippen MR) is 112 cm³/mol. The van der Waals surface area contributed by atoms with E-state index in [4.69, 9.17) is 11.6 Å². The summed E-state index contributed by atoms with van der Waals surface area (Å²) in [7, 11) is 0. The molecule has 0 radical (unpaired) electrons. The van der Waals surface area contributed by atoms with E-state index in [1.54, 1.807) is 6.33 Å². The zero-order chi connectivity index (χ0) is 18.4. The molecular weight excluding hydrogens is 380 g/mol. The first-order chi connectivity index (χ1) is 13.2. The number of hydrogen-bond donors (Lipinski definition) is 1. The van der Waals surface area contributed by atoms with Gasteiger partial charge in [0.25, 0.3) is 0 Å². The lowest BCUT2D eigenvalue weighted by Gasteiger charge is -2.39. The molecule has 1 N–H and O–H groups in total. The van der Waals surface area contributed by atoms with Crippen molar-refractivity contribution in [1.29, 1.82) is 0 Å². The molecule has 0 unspecified atom stereocenters. The second-order valence-electron chi connectivity index (χ2n) is 7.11. The van der Waals surface area contributed by atoms with Crippen LogP contribution in [0.4, 0.5) is 11.5 Å². The first kappa shape index (κ1) is 17.1. The maximum Gasteiger partial charge on any atom is 0.141 e. The second kappa shape index (κ2) is 6.87. The SMILES string of the molecule is C[C@@H]1Cc2ncnc(N3CCSCC3)c2CN1c1cc(Cl)nc2[nH]ccc12. The zero-order valence-electron chi connectivity index (χ0n) is 15.2. The predicted octanol–water partition coefficient (Wildman–Crippen LogP) is 3.51. The highest BCUT2D eigenvalue weighted by Gasteiger charge is 2.30. The molecular formula is C19H21ClN6S. The van der Waals surface area contributed by atoms with Crippen LogP contribution in [0, 0.1) is 0 Å². The Kier molecular flexibility index (Phi) is 4.36. The Bertz CT molecular complexity index is 983.